The zero-order chi connectivity index (χ0) is 26.7. The molecule has 1 saturated heterocycles. The summed E-state index contributed by atoms with van der Waals surface area (Å²) in [4.78, 5) is 32.8. The van der Waals surface area contributed by atoms with Crippen LogP contribution in [0.5, 0.6) is 5.75 Å². The highest BCUT2D eigenvalue weighted by atomic mass is 32.2. The Morgan fingerprint density at radius 1 is 1.16 bits per heavy atom. The highest BCUT2D eigenvalue weighted by Gasteiger charge is 2.24. The van der Waals surface area contributed by atoms with E-state index in [0.717, 1.165) is 31.4 Å². The molecule has 1 aliphatic carbocycles. The Kier molecular flexibility index (Phi) is 7.41. The Labute approximate surface area is 221 Å². The molecule has 1 aliphatic heterocycles. The van der Waals surface area contributed by atoms with Crippen molar-refractivity contribution in [3.05, 3.63) is 42.0 Å². The maximum absolute atomic E-state index is 13.0. The molecule has 3 amide bonds. The van der Waals surface area contributed by atoms with Gasteiger partial charge in [-0.05, 0) is 61.4 Å². The van der Waals surface area contributed by atoms with Crippen LogP contribution in [-0.4, -0.2) is 54.9 Å². The van der Waals surface area contributed by atoms with Crippen molar-refractivity contribution >= 4 is 44.7 Å². The van der Waals surface area contributed by atoms with E-state index in [1.807, 2.05) is 6.07 Å². The van der Waals surface area contributed by atoms with E-state index in [1.54, 1.807) is 17.0 Å². The largest absolute Gasteiger partial charge is 0.398 e. The van der Waals surface area contributed by atoms with Crippen molar-refractivity contribution in [2.24, 2.45) is 0 Å². The lowest BCUT2D eigenvalue weighted by Crippen LogP contribution is -2.33. The first-order chi connectivity index (χ1) is 18.3. The highest BCUT2D eigenvalue weighted by molar-refractivity contribution is 7.87. The van der Waals surface area contributed by atoms with Gasteiger partial charge in [-0.1, -0.05) is 18.9 Å². The lowest BCUT2D eigenvalue weighted by atomic mass is 9.97. The summed E-state index contributed by atoms with van der Waals surface area (Å²) in [5, 5.41) is 5.36. The summed E-state index contributed by atoms with van der Waals surface area (Å²) in [6.45, 7) is 1.80. The monoisotopic (exact) mass is 540 g/mol. The van der Waals surface area contributed by atoms with E-state index < -0.39 is 16.1 Å². The molecule has 1 aromatic heterocycles. The number of benzene rings is 2. The van der Waals surface area contributed by atoms with Crippen LogP contribution >= 0.6 is 0 Å². The lowest BCUT2D eigenvalue weighted by molar-refractivity contribution is -0.127. The van der Waals surface area contributed by atoms with Gasteiger partial charge in [0.1, 0.15) is 10.6 Å². The Bertz CT molecular complexity index is 1450. The standard InChI is InChI=1S/C26H32N6O5S/c27-20-15-18(17-5-1-2-6-17)8-11-23(20)38(35,36)37-19-9-10-21-22(16-19)30-25(29-21)31-26(34)28-12-4-14-32-13-3-7-24(32)33/h8-11,15-17H,1-7,12-14,27H2,(H3,28,29,30,31,34). The van der Waals surface area contributed by atoms with Gasteiger partial charge in [0.25, 0.3) is 0 Å². The molecule has 0 radical (unpaired) electrons. The molecule has 0 bridgehead atoms. The van der Waals surface area contributed by atoms with Crippen LogP contribution in [0.15, 0.2) is 41.3 Å². The predicted octanol–water partition coefficient (Wildman–Crippen LogP) is 3.70. The number of urea groups is 1. The number of hydrogen-bond acceptors (Lipinski definition) is 7. The highest BCUT2D eigenvalue weighted by Crippen LogP contribution is 2.36. The average molecular weight is 541 g/mol. The van der Waals surface area contributed by atoms with Gasteiger partial charge >= 0.3 is 16.1 Å². The Hall–Kier alpha value is -3.80. The van der Waals surface area contributed by atoms with Gasteiger partial charge in [-0.2, -0.15) is 8.42 Å². The molecule has 2 heterocycles. The summed E-state index contributed by atoms with van der Waals surface area (Å²) in [7, 11) is -4.15. The Morgan fingerprint density at radius 3 is 2.71 bits per heavy atom. The minimum absolute atomic E-state index is 0.0721. The molecule has 2 aromatic carbocycles. The number of amides is 3. The summed E-state index contributed by atoms with van der Waals surface area (Å²) in [6, 6.07) is 9.21. The number of aromatic nitrogens is 2. The minimum atomic E-state index is -4.15. The van der Waals surface area contributed by atoms with Crippen molar-refractivity contribution < 1.29 is 22.2 Å². The van der Waals surface area contributed by atoms with Crippen LogP contribution in [0.25, 0.3) is 11.0 Å². The van der Waals surface area contributed by atoms with Crippen LogP contribution in [0.1, 0.15) is 56.4 Å². The molecule has 2 fully saturated rings. The second-order valence-electron chi connectivity index (χ2n) is 9.80. The number of hydrogen-bond donors (Lipinski definition) is 4. The maximum atomic E-state index is 13.0. The number of H-pyrrole nitrogens is 1. The van der Waals surface area contributed by atoms with Gasteiger partial charge in [0, 0.05) is 32.1 Å². The number of anilines is 2. The van der Waals surface area contributed by atoms with E-state index in [-0.39, 0.29) is 28.2 Å². The molecule has 0 spiro atoms. The fraction of sp³-hybridized carbons (Fsp3) is 0.423. The molecule has 38 heavy (non-hydrogen) atoms. The number of carbonyl (C=O) groups is 2. The van der Waals surface area contributed by atoms with Crippen molar-refractivity contribution in [2.75, 3.05) is 30.7 Å². The van der Waals surface area contributed by atoms with Gasteiger partial charge in [0.2, 0.25) is 11.9 Å². The van der Waals surface area contributed by atoms with Crippen LogP contribution in [0, 0.1) is 0 Å². The third-order valence-electron chi connectivity index (χ3n) is 7.08. The first-order valence-electron chi connectivity index (χ1n) is 12.9. The number of nitrogens with one attached hydrogen (secondary N) is 3. The lowest BCUT2D eigenvalue weighted by Gasteiger charge is -2.15. The number of aromatic amines is 1. The van der Waals surface area contributed by atoms with Gasteiger partial charge in [-0.25, -0.2) is 9.78 Å². The van der Waals surface area contributed by atoms with E-state index in [1.165, 1.54) is 31.0 Å². The third-order valence-corrected chi connectivity index (χ3v) is 8.41. The molecule has 202 valence electrons. The second kappa shape index (κ2) is 10.9. The van der Waals surface area contributed by atoms with Crippen LogP contribution in [-0.2, 0) is 14.9 Å². The van der Waals surface area contributed by atoms with Crippen molar-refractivity contribution in [1.82, 2.24) is 20.2 Å². The van der Waals surface area contributed by atoms with E-state index in [2.05, 4.69) is 20.6 Å². The van der Waals surface area contributed by atoms with Gasteiger partial charge in [0.05, 0.1) is 16.7 Å². The molecule has 1 saturated carbocycles. The second-order valence-corrected chi connectivity index (χ2v) is 11.3. The molecular formula is C26H32N6O5S. The van der Waals surface area contributed by atoms with Gasteiger partial charge in [-0.15, -0.1) is 0 Å². The van der Waals surface area contributed by atoms with Crippen LogP contribution < -0.4 is 20.6 Å². The van der Waals surface area contributed by atoms with Crippen LogP contribution in [0.2, 0.25) is 0 Å². The SMILES string of the molecule is Nc1cc(C2CCCC2)ccc1S(=O)(=O)Oc1ccc2nc(NC(=O)NCCCN3CCCC3=O)[nH]c2c1. The molecule has 3 aromatic rings. The molecule has 2 aliphatic rings. The van der Waals surface area contributed by atoms with Crippen LogP contribution in [0.4, 0.5) is 16.4 Å². The smallest absolute Gasteiger partial charge is 0.341 e. The molecular weight excluding hydrogens is 508 g/mol. The number of likely N-dealkylation sites (tertiary alicyclic amines) is 1. The minimum Gasteiger partial charge on any atom is -0.398 e. The van der Waals surface area contributed by atoms with E-state index >= 15 is 0 Å². The molecule has 0 unspecified atom stereocenters. The normalized spacial score (nSPS) is 16.3. The number of imidazole rings is 1. The summed E-state index contributed by atoms with van der Waals surface area (Å²) < 4.78 is 31.3. The number of nitrogens with two attached hydrogens (primary N) is 1. The predicted molar refractivity (Wildman–Crippen MR) is 143 cm³/mol. The summed E-state index contributed by atoms with van der Waals surface area (Å²) >= 11 is 0. The average Bonchev–Trinajstić information content (AvgIpc) is 3.62. The number of rotatable bonds is 9. The van der Waals surface area contributed by atoms with E-state index in [4.69, 9.17) is 9.92 Å². The topological polar surface area (TPSA) is 160 Å². The molecule has 5 rings (SSSR count). The summed E-state index contributed by atoms with van der Waals surface area (Å²) in [5.41, 5.74) is 8.36. The van der Waals surface area contributed by atoms with Gasteiger partial charge in [-0.3, -0.25) is 10.1 Å². The van der Waals surface area contributed by atoms with E-state index in [0.29, 0.717) is 42.9 Å². The Balaban J connectivity index is 1.18. The van der Waals surface area contributed by atoms with Crippen molar-refractivity contribution in [3.8, 4) is 5.75 Å². The van der Waals surface area contributed by atoms with E-state index in [9.17, 15) is 18.0 Å². The number of nitrogens with zero attached hydrogens (tertiary/aromatic N) is 2. The number of nitrogen functional groups attached to an aromatic ring is 1. The van der Waals surface area contributed by atoms with Crippen LogP contribution in [0.3, 0.4) is 0 Å². The summed E-state index contributed by atoms with van der Waals surface area (Å²) in [6.07, 6.45) is 6.67. The van der Waals surface area contributed by atoms with Crippen molar-refractivity contribution in [1.29, 1.82) is 0 Å². The fourth-order valence-electron chi connectivity index (χ4n) is 5.14. The molecule has 5 N–H and O–H groups in total. The maximum Gasteiger partial charge on any atom is 0.341 e. The summed E-state index contributed by atoms with van der Waals surface area (Å²) in [5.74, 6) is 0.878. The fourth-order valence-corrected chi connectivity index (χ4v) is 6.17. The quantitative estimate of drug-likeness (QED) is 0.183. The molecule has 12 heteroatoms. The zero-order valence-corrected chi connectivity index (χ0v) is 21.9. The van der Waals surface area contributed by atoms with Gasteiger partial charge < -0.3 is 25.1 Å². The molecule has 11 nitrogen and oxygen atoms in total. The Morgan fingerprint density at radius 2 is 1.97 bits per heavy atom. The third kappa shape index (κ3) is 5.85. The first kappa shape index (κ1) is 25.8. The van der Waals surface area contributed by atoms with Crippen molar-refractivity contribution in [3.63, 3.8) is 0 Å². The molecule has 0 atom stereocenters. The number of fused-ring (bicyclic) bond motifs is 1. The first-order valence-corrected chi connectivity index (χ1v) is 14.4. The van der Waals surface area contributed by atoms with Gasteiger partial charge in [0.15, 0.2) is 0 Å². The zero-order valence-electron chi connectivity index (χ0n) is 21.0. The van der Waals surface area contributed by atoms with Crippen molar-refractivity contribution in [2.45, 2.75) is 55.8 Å². The number of carbonyl (C=O) groups excluding carboxylic acids is 2.